The molecule has 8 heteroatoms. The number of rotatable bonds is 5. The molecule has 0 spiro atoms. The van der Waals surface area contributed by atoms with Crippen molar-refractivity contribution in [2.45, 2.75) is 12.6 Å². The second-order valence-electron chi connectivity index (χ2n) is 7.96. The second kappa shape index (κ2) is 9.08. The molecule has 1 unspecified atom stereocenters. The van der Waals surface area contributed by atoms with E-state index in [1.165, 1.54) is 5.56 Å². The highest BCUT2D eigenvalue weighted by Crippen LogP contribution is 2.27. The van der Waals surface area contributed by atoms with Gasteiger partial charge in [-0.1, -0.05) is 53.5 Å². The summed E-state index contributed by atoms with van der Waals surface area (Å²) >= 11 is 12.4. The molecule has 2 aromatic heterocycles. The quantitative estimate of drug-likeness (QED) is 0.430. The first-order valence-electron chi connectivity index (χ1n) is 10.5. The minimum atomic E-state index is 0.106. The Morgan fingerprint density at radius 1 is 1.09 bits per heavy atom. The molecule has 1 aliphatic heterocycles. The standard InChI is InChI=1S/C24H23Cl2N5O/c1-30-10-11-32-22(15-30)17-4-2-16(3-5-17)21-13-24(31-23(29-21)8-9-28-31)27-14-18-6-7-19(25)12-20(18)26/h2-9,12-13,22,27H,10-11,14-15H2,1H3. The molecule has 1 saturated heterocycles. The highest BCUT2D eigenvalue weighted by atomic mass is 35.5. The van der Waals surface area contributed by atoms with Gasteiger partial charge in [0.25, 0.3) is 0 Å². The van der Waals surface area contributed by atoms with E-state index in [2.05, 4.69) is 46.6 Å². The number of fused-ring (bicyclic) bond motifs is 1. The Bertz CT molecular complexity index is 1240. The van der Waals surface area contributed by atoms with Crippen LogP contribution in [0, 0.1) is 0 Å². The van der Waals surface area contributed by atoms with Crippen LogP contribution in [0.2, 0.25) is 10.0 Å². The third-order valence-corrected chi connectivity index (χ3v) is 6.27. The van der Waals surface area contributed by atoms with Crippen molar-refractivity contribution in [3.05, 3.63) is 82.0 Å². The molecule has 4 aromatic rings. The van der Waals surface area contributed by atoms with Gasteiger partial charge in [0.2, 0.25) is 0 Å². The molecule has 32 heavy (non-hydrogen) atoms. The fourth-order valence-electron chi connectivity index (χ4n) is 3.89. The maximum Gasteiger partial charge on any atom is 0.157 e. The first-order chi connectivity index (χ1) is 15.6. The maximum atomic E-state index is 6.34. The van der Waals surface area contributed by atoms with Crippen molar-refractivity contribution in [1.82, 2.24) is 19.5 Å². The SMILES string of the molecule is CN1CCOC(c2ccc(-c3cc(NCc4ccc(Cl)cc4Cl)n4nccc4n3)cc2)C1. The Balaban J connectivity index is 1.41. The topological polar surface area (TPSA) is 54.7 Å². The number of halogens is 2. The van der Waals surface area contributed by atoms with Gasteiger partial charge in [-0.2, -0.15) is 9.61 Å². The van der Waals surface area contributed by atoms with Gasteiger partial charge in [-0.05, 0) is 30.3 Å². The number of aromatic nitrogens is 3. The predicted octanol–water partition coefficient (Wildman–Crippen LogP) is 5.32. The van der Waals surface area contributed by atoms with Crippen molar-refractivity contribution < 1.29 is 4.74 Å². The fraction of sp³-hybridized carbons (Fsp3) is 0.250. The molecule has 3 heterocycles. The summed E-state index contributed by atoms with van der Waals surface area (Å²) in [6.45, 7) is 3.18. The molecule has 0 amide bonds. The van der Waals surface area contributed by atoms with Gasteiger partial charge in [-0.15, -0.1) is 0 Å². The van der Waals surface area contributed by atoms with Crippen LogP contribution in [0.3, 0.4) is 0 Å². The molecule has 164 valence electrons. The maximum absolute atomic E-state index is 6.34. The predicted molar refractivity (Wildman–Crippen MR) is 128 cm³/mol. The van der Waals surface area contributed by atoms with E-state index < -0.39 is 0 Å². The second-order valence-corrected chi connectivity index (χ2v) is 8.80. The minimum absolute atomic E-state index is 0.106. The Kier molecular flexibility index (Phi) is 6.02. The molecule has 2 aromatic carbocycles. The molecule has 1 fully saturated rings. The van der Waals surface area contributed by atoms with E-state index in [0.717, 1.165) is 48.0 Å². The lowest BCUT2D eigenvalue weighted by atomic mass is 10.0. The summed E-state index contributed by atoms with van der Waals surface area (Å²) in [6.07, 6.45) is 1.85. The summed E-state index contributed by atoms with van der Waals surface area (Å²) in [6, 6.07) is 17.9. The molecule has 1 aliphatic rings. The molecule has 1 atom stereocenters. The summed E-state index contributed by atoms with van der Waals surface area (Å²) in [7, 11) is 2.13. The first-order valence-corrected chi connectivity index (χ1v) is 11.3. The van der Waals surface area contributed by atoms with Crippen LogP contribution in [0.1, 0.15) is 17.2 Å². The summed E-state index contributed by atoms with van der Waals surface area (Å²) in [4.78, 5) is 7.08. The van der Waals surface area contributed by atoms with Crippen molar-refractivity contribution in [3.8, 4) is 11.3 Å². The Morgan fingerprint density at radius 2 is 1.94 bits per heavy atom. The fourth-order valence-corrected chi connectivity index (χ4v) is 4.36. The number of hydrogen-bond acceptors (Lipinski definition) is 5. The molecule has 0 bridgehead atoms. The summed E-state index contributed by atoms with van der Waals surface area (Å²) in [5.74, 6) is 0.835. The number of hydrogen-bond donors (Lipinski definition) is 1. The van der Waals surface area contributed by atoms with Gasteiger partial charge in [0.1, 0.15) is 5.82 Å². The van der Waals surface area contributed by atoms with Crippen LogP contribution >= 0.6 is 23.2 Å². The normalized spacial score (nSPS) is 17.0. The number of morpholine rings is 1. The van der Waals surface area contributed by atoms with Gasteiger partial charge < -0.3 is 15.0 Å². The van der Waals surface area contributed by atoms with E-state index in [4.69, 9.17) is 32.9 Å². The minimum Gasteiger partial charge on any atom is -0.371 e. The lowest BCUT2D eigenvalue weighted by Gasteiger charge is -2.30. The van der Waals surface area contributed by atoms with Gasteiger partial charge in [-0.25, -0.2) is 4.98 Å². The number of likely N-dealkylation sites (N-methyl/N-ethyl adjacent to an activating group) is 1. The average molecular weight is 468 g/mol. The molecule has 5 rings (SSSR count). The third kappa shape index (κ3) is 4.45. The van der Waals surface area contributed by atoms with Gasteiger partial charge in [0.05, 0.1) is 24.6 Å². The van der Waals surface area contributed by atoms with Gasteiger partial charge >= 0.3 is 0 Å². The summed E-state index contributed by atoms with van der Waals surface area (Å²) in [5, 5.41) is 9.08. The lowest BCUT2D eigenvalue weighted by Crippen LogP contribution is -2.35. The zero-order valence-electron chi connectivity index (χ0n) is 17.6. The highest BCUT2D eigenvalue weighted by Gasteiger charge is 2.19. The lowest BCUT2D eigenvalue weighted by molar-refractivity contribution is -0.0208. The smallest absolute Gasteiger partial charge is 0.157 e. The Morgan fingerprint density at radius 3 is 2.72 bits per heavy atom. The van der Waals surface area contributed by atoms with Crippen LogP contribution in [-0.4, -0.2) is 46.2 Å². The number of anilines is 1. The zero-order valence-corrected chi connectivity index (χ0v) is 19.1. The van der Waals surface area contributed by atoms with Crippen molar-refractivity contribution >= 4 is 34.7 Å². The third-order valence-electron chi connectivity index (χ3n) is 5.68. The van der Waals surface area contributed by atoms with E-state index in [9.17, 15) is 0 Å². The number of benzene rings is 2. The van der Waals surface area contributed by atoms with E-state index in [1.54, 1.807) is 16.8 Å². The summed E-state index contributed by atoms with van der Waals surface area (Å²) < 4.78 is 7.72. The van der Waals surface area contributed by atoms with Gasteiger partial charge in [-0.3, -0.25) is 0 Å². The molecule has 0 aliphatic carbocycles. The Hall–Kier alpha value is -2.64. The van der Waals surface area contributed by atoms with Crippen LogP contribution in [0.5, 0.6) is 0 Å². The largest absolute Gasteiger partial charge is 0.371 e. The highest BCUT2D eigenvalue weighted by molar-refractivity contribution is 6.35. The molecule has 0 radical (unpaired) electrons. The molecular weight excluding hydrogens is 445 g/mol. The van der Waals surface area contributed by atoms with Crippen LogP contribution in [0.4, 0.5) is 5.82 Å². The van der Waals surface area contributed by atoms with Crippen molar-refractivity contribution in [2.75, 3.05) is 32.1 Å². The number of nitrogens with zero attached hydrogens (tertiary/aromatic N) is 4. The first kappa shape index (κ1) is 21.2. The van der Waals surface area contributed by atoms with Gasteiger partial charge in [0.15, 0.2) is 5.65 Å². The zero-order chi connectivity index (χ0) is 22.1. The van der Waals surface area contributed by atoms with Crippen LogP contribution in [0.25, 0.3) is 16.9 Å². The van der Waals surface area contributed by atoms with E-state index >= 15 is 0 Å². The monoisotopic (exact) mass is 467 g/mol. The van der Waals surface area contributed by atoms with E-state index in [1.807, 2.05) is 24.3 Å². The van der Waals surface area contributed by atoms with Crippen LogP contribution < -0.4 is 5.32 Å². The van der Waals surface area contributed by atoms with Crippen molar-refractivity contribution in [1.29, 1.82) is 0 Å². The molecule has 1 N–H and O–H groups in total. The molecule has 6 nitrogen and oxygen atoms in total. The number of nitrogens with one attached hydrogen (secondary N) is 1. The van der Waals surface area contributed by atoms with E-state index in [-0.39, 0.29) is 6.10 Å². The molecular formula is C24H23Cl2N5O. The van der Waals surface area contributed by atoms with E-state index in [0.29, 0.717) is 16.6 Å². The van der Waals surface area contributed by atoms with Crippen molar-refractivity contribution in [3.63, 3.8) is 0 Å². The van der Waals surface area contributed by atoms with Crippen LogP contribution in [0.15, 0.2) is 60.8 Å². The van der Waals surface area contributed by atoms with Gasteiger partial charge in [0, 0.05) is 47.4 Å². The Labute approximate surface area is 196 Å². The summed E-state index contributed by atoms with van der Waals surface area (Å²) in [5.41, 5.74) is 4.82. The number of ether oxygens (including phenoxy) is 1. The van der Waals surface area contributed by atoms with Crippen LogP contribution in [-0.2, 0) is 11.3 Å². The average Bonchev–Trinajstić information content (AvgIpc) is 3.27. The van der Waals surface area contributed by atoms with Crippen molar-refractivity contribution in [2.24, 2.45) is 0 Å². The molecule has 0 saturated carbocycles.